The maximum Gasteiger partial charge on any atom is 0.410 e. The molecule has 5 amide bonds. The summed E-state index contributed by atoms with van der Waals surface area (Å²) < 4.78 is 41.9. The lowest BCUT2D eigenvalue weighted by atomic mass is 9.95. The number of aryl methyl sites for hydroxylation is 1. The Hall–Kier alpha value is -4.18. The summed E-state index contributed by atoms with van der Waals surface area (Å²) in [5.41, 5.74) is 1.80. The van der Waals surface area contributed by atoms with Crippen LogP contribution >= 0.6 is 0 Å². The van der Waals surface area contributed by atoms with E-state index in [1.807, 2.05) is 16.9 Å². The highest BCUT2D eigenvalue weighted by atomic mass is 32.2. The first-order chi connectivity index (χ1) is 23.5. The Kier molecular flexibility index (Phi) is 12.5. The lowest BCUT2D eigenvalue weighted by Crippen LogP contribution is -2.54. The van der Waals surface area contributed by atoms with E-state index in [0.29, 0.717) is 45.2 Å². The molecule has 2 heterocycles. The van der Waals surface area contributed by atoms with E-state index in [0.717, 1.165) is 30.4 Å². The predicted molar refractivity (Wildman–Crippen MR) is 181 cm³/mol. The van der Waals surface area contributed by atoms with Gasteiger partial charge in [0, 0.05) is 19.6 Å². The van der Waals surface area contributed by atoms with Gasteiger partial charge in [0.1, 0.15) is 24.2 Å². The number of nitrogens with zero attached hydrogens (tertiary/aromatic N) is 2. The third-order valence-corrected chi connectivity index (χ3v) is 10.2. The van der Waals surface area contributed by atoms with Crippen LogP contribution in [0.25, 0.3) is 0 Å². The summed E-state index contributed by atoms with van der Waals surface area (Å²) in [6.07, 6.45) is 5.15. The molecule has 0 spiro atoms. The van der Waals surface area contributed by atoms with Crippen LogP contribution in [0.5, 0.6) is 0 Å². The molecule has 1 aliphatic carbocycles. The monoisotopic (exact) mass is 719 g/mol. The number of hydrogen-bond donors (Lipinski definition) is 3. The minimum Gasteiger partial charge on any atom is -0.453 e. The second kappa shape index (κ2) is 16.2. The fourth-order valence-electron chi connectivity index (χ4n) is 6.18. The summed E-state index contributed by atoms with van der Waals surface area (Å²) in [7, 11) is -3.02. The average Bonchev–Trinajstić information content (AvgIpc) is 3.41. The van der Waals surface area contributed by atoms with Crippen LogP contribution in [0.3, 0.4) is 0 Å². The van der Waals surface area contributed by atoms with Crippen molar-refractivity contribution < 1.29 is 46.0 Å². The number of unbranched alkanes of at least 4 members (excludes halogenated alkanes) is 1. The summed E-state index contributed by atoms with van der Waals surface area (Å²) in [5, 5.41) is 5.01. The van der Waals surface area contributed by atoms with Crippen LogP contribution in [0.15, 0.2) is 30.9 Å². The molecule has 0 radical (unpaired) electrons. The van der Waals surface area contributed by atoms with Gasteiger partial charge in [-0.15, -0.1) is 6.58 Å². The van der Waals surface area contributed by atoms with Gasteiger partial charge >= 0.3 is 22.5 Å². The van der Waals surface area contributed by atoms with E-state index in [2.05, 4.69) is 23.3 Å². The molecule has 3 aliphatic rings. The number of rotatable bonds is 16. The van der Waals surface area contributed by atoms with E-state index >= 15 is 0 Å². The molecule has 50 heavy (non-hydrogen) atoms. The van der Waals surface area contributed by atoms with Gasteiger partial charge in [0.25, 0.3) is 5.91 Å². The van der Waals surface area contributed by atoms with Crippen molar-refractivity contribution in [2.45, 2.75) is 115 Å². The van der Waals surface area contributed by atoms with Crippen LogP contribution in [0, 0.1) is 0 Å². The summed E-state index contributed by atoms with van der Waals surface area (Å²) in [6.45, 7) is 9.69. The van der Waals surface area contributed by atoms with E-state index < -0.39 is 63.9 Å². The van der Waals surface area contributed by atoms with Gasteiger partial charge in [-0.25, -0.2) is 18.5 Å². The van der Waals surface area contributed by atoms with Gasteiger partial charge in [0.15, 0.2) is 0 Å². The van der Waals surface area contributed by atoms with Crippen LogP contribution in [-0.2, 0) is 57.9 Å². The van der Waals surface area contributed by atoms with Crippen molar-refractivity contribution in [1.82, 2.24) is 25.2 Å². The largest absolute Gasteiger partial charge is 0.453 e. The van der Waals surface area contributed by atoms with Crippen LogP contribution in [-0.4, -0.2) is 91.6 Å². The van der Waals surface area contributed by atoms with Gasteiger partial charge in [-0.2, -0.15) is 8.42 Å². The zero-order chi connectivity index (χ0) is 36.7. The number of fused-ring (bicyclic) bond motifs is 1. The molecule has 2 unspecified atom stereocenters. The molecule has 15 nitrogen and oxygen atoms in total. The molecule has 276 valence electrons. The minimum atomic E-state index is -4.39. The number of carbonyl (C=O) groups is 5. The third-order valence-electron chi connectivity index (χ3n) is 9.14. The molecular weight excluding hydrogens is 670 g/mol. The van der Waals surface area contributed by atoms with Gasteiger partial charge in [0.2, 0.25) is 11.8 Å². The first kappa shape index (κ1) is 38.6. The van der Waals surface area contributed by atoms with E-state index in [1.165, 1.54) is 23.6 Å². The van der Waals surface area contributed by atoms with Crippen LogP contribution in [0.2, 0.25) is 0 Å². The number of likely N-dealkylation sites (tertiary alicyclic amines) is 1. The summed E-state index contributed by atoms with van der Waals surface area (Å²) in [5.74, 6) is -2.12. The average molecular weight is 720 g/mol. The van der Waals surface area contributed by atoms with Crippen molar-refractivity contribution in [3.63, 3.8) is 0 Å². The normalized spacial score (nSPS) is 18.4. The molecular formula is C34H49N5O10S. The molecule has 0 bridgehead atoms. The number of ether oxygens (including phenoxy) is 2. The number of nitrogens with one attached hydrogen (secondary N) is 3. The fourth-order valence-corrected chi connectivity index (χ4v) is 7.31. The molecule has 1 saturated carbocycles. The fraction of sp³-hybridized carbons (Fsp3) is 0.618. The number of benzene rings is 1. The van der Waals surface area contributed by atoms with E-state index in [9.17, 15) is 32.4 Å². The Labute approximate surface area is 293 Å². The van der Waals surface area contributed by atoms with Crippen molar-refractivity contribution >= 4 is 40.2 Å². The van der Waals surface area contributed by atoms with E-state index in [4.69, 9.17) is 13.7 Å². The Bertz CT molecular complexity index is 1580. The molecule has 3 N–H and O–H groups in total. The predicted octanol–water partition coefficient (Wildman–Crippen LogP) is 2.97. The van der Waals surface area contributed by atoms with Crippen molar-refractivity contribution in [1.29, 1.82) is 0 Å². The zero-order valence-corrected chi connectivity index (χ0v) is 30.1. The Morgan fingerprint density at radius 1 is 1.14 bits per heavy atom. The maximum atomic E-state index is 13.2. The molecule has 1 saturated heterocycles. The molecule has 4 rings (SSSR count). The molecule has 1 aromatic rings. The summed E-state index contributed by atoms with van der Waals surface area (Å²) in [6, 6.07) is 3.90. The SMILES string of the molecule is C=CCC(NC(=O)C1CCCN1C(=O)CNC(=O)OC(C)(C)CCCCc1cccc2c1CN(C(=O)OC)C2)C(=O)NS(=O)(=O)OC1(C)CC1. The first-order valence-electron chi connectivity index (χ1n) is 16.9. The number of hydrogen-bond acceptors (Lipinski definition) is 10. The second-order valence-corrected chi connectivity index (χ2v) is 15.2. The lowest BCUT2D eigenvalue weighted by molar-refractivity contribution is -0.138. The Balaban J connectivity index is 1.20. The van der Waals surface area contributed by atoms with Gasteiger partial charge in [-0.1, -0.05) is 24.3 Å². The first-order valence-corrected chi connectivity index (χ1v) is 18.3. The smallest absolute Gasteiger partial charge is 0.410 e. The topological polar surface area (TPSA) is 190 Å². The highest BCUT2D eigenvalue weighted by molar-refractivity contribution is 7.85. The van der Waals surface area contributed by atoms with Gasteiger partial charge in [-0.3, -0.25) is 19.3 Å². The molecule has 1 aromatic carbocycles. The highest BCUT2D eigenvalue weighted by Crippen LogP contribution is 2.39. The van der Waals surface area contributed by atoms with E-state index in [-0.39, 0.29) is 19.1 Å². The van der Waals surface area contributed by atoms with Crippen LogP contribution in [0.1, 0.15) is 88.8 Å². The molecule has 2 atom stereocenters. The van der Waals surface area contributed by atoms with E-state index in [1.54, 1.807) is 25.7 Å². The van der Waals surface area contributed by atoms with Crippen molar-refractivity contribution in [2.75, 3.05) is 20.2 Å². The minimum absolute atomic E-state index is 0.0573. The van der Waals surface area contributed by atoms with Gasteiger partial charge in [-0.05, 0) is 95.2 Å². The standard InChI is InChI=1S/C34H49N5O10S/c1-6-11-26(29(41)37-50(45,46)49-34(4)17-18-34)36-30(42)27-15-10-19-39(27)28(40)20-35-31(43)48-33(2,3)16-8-7-12-23-13-9-14-24-21-38(22-25(23)24)32(44)47-5/h6,9,13-14,26-27H,1,7-8,10-12,15-22H2,2-5H3,(H,35,43)(H,36,42)(H,37,41). The van der Waals surface area contributed by atoms with Crippen LogP contribution in [0.4, 0.5) is 9.59 Å². The Morgan fingerprint density at radius 3 is 2.56 bits per heavy atom. The summed E-state index contributed by atoms with van der Waals surface area (Å²) >= 11 is 0. The zero-order valence-electron chi connectivity index (χ0n) is 29.2. The van der Waals surface area contributed by atoms with Crippen molar-refractivity contribution in [3.8, 4) is 0 Å². The summed E-state index contributed by atoms with van der Waals surface area (Å²) in [4.78, 5) is 66.6. The Morgan fingerprint density at radius 2 is 1.88 bits per heavy atom. The van der Waals surface area contributed by atoms with Crippen molar-refractivity contribution in [3.05, 3.63) is 47.5 Å². The van der Waals surface area contributed by atoms with Gasteiger partial charge in [0.05, 0.1) is 12.7 Å². The number of carbonyl (C=O) groups excluding carboxylic acids is 5. The second-order valence-electron chi connectivity index (χ2n) is 13.9. The molecule has 2 fully saturated rings. The molecule has 16 heteroatoms. The number of alkyl carbamates (subject to hydrolysis) is 1. The van der Waals surface area contributed by atoms with Crippen molar-refractivity contribution in [2.24, 2.45) is 0 Å². The number of methoxy groups -OCH3 is 1. The lowest BCUT2D eigenvalue weighted by Gasteiger charge is -2.27. The maximum absolute atomic E-state index is 13.2. The van der Waals surface area contributed by atoms with Gasteiger partial charge < -0.3 is 25.0 Å². The molecule has 0 aromatic heterocycles. The quantitative estimate of drug-likeness (QED) is 0.169. The highest BCUT2D eigenvalue weighted by Gasteiger charge is 2.44. The third kappa shape index (κ3) is 10.7. The van der Waals surface area contributed by atoms with Crippen LogP contribution < -0.4 is 15.4 Å². The molecule has 2 aliphatic heterocycles. The number of amides is 5.